The van der Waals surface area contributed by atoms with Gasteiger partial charge in [-0.25, -0.2) is 0 Å². The number of hydrogen-bond acceptors (Lipinski definition) is 4. The zero-order chi connectivity index (χ0) is 9.26. The van der Waals surface area contributed by atoms with Crippen molar-refractivity contribution in [1.29, 1.82) is 0 Å². The molecule has 1 heterocycles. The Morgan fingerprint density at radius 1 is 1.62 bits per heavy atom. The van der Waals surface area contributed by atoms with Gasteiger partial charge in [0.2, 0.25) is 5.89 Å². The maximum Gasteiger partial charge on any atom is 0.303 e. The average molecular weight is 182 g/mol. The largest absolute Gasteiger partial charge is 0.481 e. The van der Waals surface area contributed by atoms with Gasteiger partial charge in [-0.2, -0.15) is 4.98 Å². The molecule has 0 atom stereocenters. The molecule has 2 rings (SSSR count). The Morgan fingerprint density at radius 3 is 3.00 bits per heavy atom. The Balaban J connectivity index is 1.92. The summed E-state index contributed by atoms with van der Waals surface area (Å²) in [5.41, 5.74) is 0. The smallest absolute Gasteiger partial charge is 0.303 e. The van der Waals surface area contributed by atoms with Crippen LogP contribution in [-0.2, 0) is 11.2 Å². The lowest BCUT2D eigenvalue weighted by Gasteiger charge is -1.86. The van der Waals surface area contributed by atoms with Crippen LogP contribution in [0.25, 0.3) is 0 Å². The molecule has 13 heavy (non-hydrogen) atoms. The first-order chi connectivity index (χ1) is 6.25. The second-order valence-electron chi connectivity index (χ2n) is 3.22. The first-order valence-electron chi connectivity index (χ1n) is 4.30. The van der Waals surface area contributed by atoms with E-state index in [0.29, 0.717) is 24.1 Å². The molecule has 0 unspecified atom stereocenters. The molecule has 0 radical (unpaired) electrons. The van der Waals surface area contributed by atoms with Crippen molar-refractivity contribution in [3.8, 4) is 0 Å². The van der Waals surface area contributed by atoms with Crippen LogP contribution in [0.5, 0.6) is 0 Å². The van der Waals surface area contributed by atoms with Crippen LogP contribution in [0.2, 0.25) is 0 Å². The fourth-order valence-electron chi connectivity index (χ4n) is 1.08. The van der Waals surface area contributed by atoms with Crippen molar-refractivity contribution < 1.29 is 14.4 Å². The third-order valence-electron chi connectivity index (χ3n) is 1.97. The van der Waals surface area contributed by atoms with E-state index in [9.17, 15) is 4.79 Å². The average Bonchev–Trinajstić information content (AvgIpc) is 2.83. The minimum atomic E-state index is -0.835. The Hall–Kier alpha value is -1.39. The van der Waals surface area contributed by atoms with Gasteiger partial charge in [-0.1, -0.05) is 5.16 Å². The monoisotopic (exact) mass is 182 g/mol. The summed E-state index contributed by atoms with van der Waals surface area (Å²) < 4.78 is 4.97. The van der Waals surface area contributed by atoms with E-state index in [1.807, 2.05) is 0 Å². The van der Waals surface area contributed by atoms with E-state index in [0.717, 1.165) is 12.8 Å². The van der Waals surface area contributed by atoms with Crippen LogP contribution in [0.4, 0.5) is 0 Å². The summed E-state index contributed by atoms with van der Waals surface area (Å²) in [6.45, 7) is 0. The molecule has 1 aromatic rings. The number of carboxylic acid groups (broad SMARTS) is 1. The molecule has 0 spiro atoms. The van der Waals surface area contributed by atoms with Crippen LogP contribution >= 0.6 is 0 Å². The maximum absolute atomic E-state index is 10.2. The summed E-state index contributed by atoms with van der Waals surface area (Å²) in [7, 11) is 0. The quantitative estimate of drug-likeness (QED) is 0.750. The van der Waals surface area contributed by atoms with Crippen molar-refractivity contribution in [3.63, 3.8) is 0 Å². The van der Waals surface area contributed by atoms with Crippen molar-refractivity contribution in [2.24, 2.45) is 0 Å². The van der Waals surface area contributed by atoms with Gasteiger partial charge in [-0.15, -0.1) is 0 Å². The number of aryl methyl sites for hydroxylation is 1. The van der Waals surface area contributed by atoms with E-state index < -0.39 is 5.97 Å². The molecule has 0 saturated heterocycles. The van der Waals surface area contributed by atoms with E-state index in [2.05, 4.69) is 10.1 Å². The predicted octanol–water partition coefficient (Wildman–Crippen LogP) is 0.964. The van der Waals surface area contributed by atoms with E-state index in [-0.39, 0.29) is 6.42 Å². The van der Waals surface area contributed by atoms with Crippen molar-refractivity contribution in [2.45, 2.75) is 31.6 Å². The van der Waals surface area contributed by atoms with Crippen LogP contribution in [0.1, 0.15) is 36.9 Å². The Bertz CT molecular complexity index is 317. The van der Waals surface area contributed by atoms with Crippen LogP contribution in [-0.4, -0.2) is 21.2 Å². The number of carbonyl (C=O) groups is 1. The normalized spacial score (nSPS) is 16.0. The molecule has 1 saturated carbocycles. The van der Waals surface area contributed by atoms with Gasteiger partial charge in [-0.3, -0.25) is 4.79 Å². The fraction of sp³-hybridized carbons (Fsp3) is 0.625. The molecule has 5 heteroatoms. The van der Waals surface area contributed by atoms with Gasteiger partial charge in [0.15, 0.2) is 5.82 Å². The first-order valence-corrected chi connectivity index (χ1v) is 4.30. The Labute approximate surface area is 74.8 Å². The second kappa shape index (κ2) is 3.16. The molecule has 1 fully saturated rings. The molecule has 0 amide bonds. The predicted molar refractivity (Wildman–Crippen MR) is 42.2 cm³/mol. The number of aromatic nitrogens is 2. The summed E-state index contributed by atoms with van der Waals surface area (Å²) in [4.78, 5) is 14.3. The molecule has 1 aliphatic rings. The second-order valence-corrected chi connectivity index (χ2v) is 3.22. The van der Waals surface area contributed by atoms with E-state index in [4.69, 9.17) is 9.63 Å². The van der Waals surface area contributed by atoms with Crippen LogP contribution in [0.3, 0.4) is 0 Å². The number of rotatable bonds is 4. The van der Waals surface area contributed by atoms with Crippen LogP contribution < -0.4 is 0 Å². The number of hydrogen-bond donors (Lipinski definition) is 1. The van der Waals surface area contributed by atoms with Gasteiger partial charge < -0.3 is 9.63 Å². The minimum absolute atomic E-state index is 0.0592. The standard InChI is InChI=1S/C8H10N2O3/c11-7(12)4-3-6-9-8(13-10-6)5-1-2-5/h5H,1-4H2,(H,11,12). The molecule has 0 aromatic carbocycles. The summed E-state index contributed by atoms with van der Waals surface area (Å²) in [6, 6.07) is 0. The third kappa shape index (κ3) is 2.05. The summed E-state index contributed by atoms with van der Waals surface area (Å²) >= 11 is 0. The molecule has 1 aliphatic carbocycles. The zero-order valence-corrected chi connectivity index (χ0v) is 7.06. The summed E-state index contributed by atoms with van der Waals surface area (Å²) in [5.74, 6) is 0.772. The van der Waals surface area contributed by atoms with Gasteiger partial charge in [0, 0.05) is 12.3 Å². The molecule has 0 aliphatic heterocycles. The lowest BCUT2D eigenvalue weighted by atomic mass is 10.3. The van der Waals surface area contributed by atoms with Crippen molar-refractivity contribution in [2.75, 3.05) is 0 Å². The van der Waals surface area contributed by atoms with Crippen LogP contribution in [0, 0.1) is 0 Å². The first kappa shape index (κ1) is 8.22. The van der Waals surface area contributed by atoms with Crippen molar-refractivity contribution in [3.05, 3.63) is 11.7 Å². The van der Waals surface area contributed by atoms with Gasteiger partial charge in [-0.05, 0) is 12.8 Å². The lowest BCUT2D eigenvalue weighted by molar-refractivity contribution is -0.137. The molecule has 0 bridgehead atoms. The number of carboxylic acids is 1. The van der Waals surface area contributed by atoms with Gasteiger partial charge in [0.05, 0.1) is 6.42 Å². The SMILES string of the molecule is O=C(O)CCc1noc(C2CC2)n1. The number of aliphatic carboxylic acids is 1. The van der Waals surface area contributed by atoms with E-state index in [1.165, 1.54) is 0 Å². The summed E-state index contributed by atoms with van der Waals surface area (Å²) in [5, 5.41) is 12.1. The summed E-state index contributed by atoms with van der Waals surface area (Å²) in [6.07, 6.45) is 2.64. The van der Waals surface area contributed by atoms with Crippen LogP contribution in [0.15, 0.2) is 4.52 Å². The van der Waals surface area contributed by atoms with Gasteiger partial charge in [0.25, 0.3) is 0 Å². The Kier molecular flexibility index (Phi) is 2.00. The van der Waals surface area contributed by atoms with Crippen molar-refractivity contribution >= 4 is 5.97 Å². The van der Waals surface area contributed by atoms with Crippen molar-refractivity contribution in [1.82, 2.24) is 10.1 Å². The van der Waals surface area contributed by atoms with E-state index >= 15 is 0 Å². The topological polar surface area (TPSA) is 76.2 Å². The van der Waals surface area contributed by atoms with E-state index in [1.54, 1.807) is 0 Å². The highest BCUT2D eigenvalue weighted by Gasteiger charge is 2.29. The molecular weight excluding hydrogens is 172 g/mol. The molecular formula is C8H10N2O3. The highest BCUT2D eigenvalue weighted by molar-refractivity contribution is 5.66. The zero-order valence-electron chi connectivity index (χ0n) is 7.06. The fourth-order valence-corrected chi connectivity index (χ4v) is 1.08. The number of nitrogens with zero attached hydrogens (tertiary/aromatic N) is 2. The van der Waals surface area contributed by atoms with Gasteiger partial charge >= 0.3 is 5.97 Å². The molecule has 1 N–H and O–H groups in total. The third-order valence-corrected chi connectivity index (χ3v) is 1.97. The Morgan fingerprint density at radius 2 is 2.38 bits per heavy atom. The molecule has 70 valence electrons. The highest BCUT2D eigenvalue weighted by atomic mass is 16.5. The maximum atomic E-state index is 10.2. The minimum Gasteiger partial charge on any atom is -0.481 e. The molecule has 5 nitrogen and oxygen atoms in total. The lowest BCUT2D eigenvalue weighted by Crippen LogP contribution is -1.98. The molecule has 1 aromatic heterocycles. The highest BCUT2D eigenvalue weighted by Crippen LogP contribution is 2.38. The van der Waals surface area contributed by atoms with Gasteiger partial charge in [0.1, 0.15) is 0 Å².